The van der Waals surface area contributed by atoms with Crippen LogP contribution in [-0.4, -0.2) is 27.5 Å². The third kappa shape index (κ3) is 1.57. The van der Waals surface area contributed by atoms with Crippen LogP contribution in [0.25, 0.3) is 11.0 Å². The summed E-state index contributed by atoms with van der Waals surface area (Å²) in [6.07, 6.45) is 6.76. The number of imidazole rings is 1. The minimum absolute atomic E-state index is 0.530. The van der Waals surface area contributed by atoms with Crippen LogP contribution >= 0.6 is 0 Å². The highest BCUT2D eigenvalue weighted by Gasteiger charge is 2.35. The third-order valence-corrected chi connectivity index (χ3v) is 4.56. The predicted octanol–water partition coefficient (Wildman–Crippen LogP) is 3.25. The lowest BCUT2D eigenvalue weighted by atomic mass is 9.91. The first kappa shape index (κ1) is 10.6. The van der Waals surface area contributed by atoms with E-state index in [4.69, 9.17) is 4.98 Å². The zero-order valence-corrected chi connectivity index (χ0v) is 10.6. The normalized spacial score (nSPS) is 25.7. The molecule has 1 N–H and O–H groups in total. The van der Waals surface area contributed by atoms with E-state index in [9.17, 15) is 0 Å². The molecule has 94 valence electrons. The zero-order chi connectivity index (χ0) is 11.9. The second kappa shape index (κ2) is 4.09. The first-order valence-corrected chi connectivity index (χ1v) is 7.12. The van der Waals surface area contributed by atoms with E-state index in [1.165, 1.54) is 50.0 Å². The summed E-state index contributed by atoms with van der Waals surface area (Å²) in [5, 5.41) is 0. The van der Waals surface area contributed by atoms with Crippen LogP contribution in [0.4, 0.5) is 0 Å². The Morgan fingerprint density at radius 3 is 2.78 bits per heavy atom. The molecule has 1 aromatic heterocycles. The molecule has 0 unspecified atom stereocenters. The average Bonchev–Trinajstić information content (AvgIpc) is 2.91. The fraction of sp³-hybridized carbons (Fsp3) is 0.533. The summed E-state index contributed by atoms with van der Waals surface area (Å²) in [4.78, 5) is 11.0. The summed E-state index contributed by atoms with van der Waals surface area (Å²) in [6.45, 7) is 1.26. The number of rotatable bonds is 2. The molecular weight excluding hydrogens is 222 g/mol. The molecule has 4 rings (SSSR count). The van der Waals surface area contributed by atoms with Crippen LogP contribution in [0.5, 0.6) is 0 Å². The smallest absolute Gasteiger partial charge is 0.124 e. The molecule has 0 bridgehead atoms. The number of hydrogen-bond donors (Lipinski definition) is 1. The largest absolute Gasteiger partial charge is 0.341 e. The Hall–Kier alpha value is -1.35. The molecule has 3 heteroatoms. The van der Waals surface area contributed by atoms with Crippen molar-refractivity contribution < 1.29 is 0 Å². The maximum atomic E-state index is 4.79. The van der Waals surface area contributed by atoms with Crippen molar-refractivity contribution in [2.45, 2.75) is 44.2 Å². The maximum absolute atomic E-state index is 4.79. The van der Waals surface area contributed by atoms with Gasteiger partial charge in [0.2, 0.25) is 0 Å². The molecule has 0 amide bonds. The highest BCUT2D eigenvalue weighted by molar-refractivity contribution is 5.74. The van der Waals surface area contributed by atoms with Crippen molar-refractivity contribution >= 4 is 11.0 Å². The first-order chi connectivity index (χ1) is 8.92. The molecule has 2 heterocycles. The van der Waals surface area contributed by atoms with Crippen molar-refractivity contribution in [1.82, 2.24) is 14.9 Å². The van der Waals surface area contributed by atoms with Crippen molar-refractivity contribution in [2.75, 3.05) is 6.54 Å². The van der Waals surface area contributed by atoms with Crippen molar-refractivity contribution in [3.63, 3.8) is 0 Å². The van der Waals surface area contributed by atoms with Gasteiger partial charge in [-0.1, -0.05) is 18.6 Å². The number of nitrogens with one attached hydrogen (secondary N) is 1. The summed E-state index contributed by atoms with van der Waals surface area (Å²) in [6, 6.07) is 9.70. The average molecular weight is 241 g/mol. The van der Waals surface area contributed by atoms with Crippen LogP contribution in [0, 0.1) is 0 Å². The van der Waals surface area contributed by atoms with Crippen molar-refractivity contribution in [2.24, 2.45) is 0 Å². The Bertz CT molecular complexity index is 523. The molecular formula is C15H19N3. The van der Waals surface area contributed by atoms with E-state index in [-0.39, 0.29) is 0 Å². The van der Waals surface area contributed by atoms with Gasteiger partial charge < -0.3 is 4.98 Å². The minimum Gasteiger partial charge on any atom is -0.341 e. The molecule has 1 aromatic carbocycles. The summed E-state index contributed by atoms with van der Waals surface area (Å²) >= 11 is 0. The molecule has 0 spiro atoms. The molecule has 1 aliphatic carbocycles. The number of benzene rings is 1. The van der Waals surface area contributed by atoms with E-state index >= 15 is 0 Å². The molecule has 2 aliphatic rings. The van der Waals surface area contributed by atoms with Crippen molar-refractivity contribution in [1.29, 1.82) is 0 Å². The van der Waals surface area contributed by atoms with E-state index in [1.54, 1.807) is 0 Å². The van der Waals surface area contributed by atoms with Crippen LogP contribution in [0.15, 0.2) is 24.3 Å². The predicted molar refractivity (Wildman–Crippen MR) is 72.4 cm³/mol. The Morgan fingerprint density at radius 1 is 1.11 bits per heavy atom. The number of H-pyrrole nitrogens is 1. The summed E-state index contributed by atoms with van der Waals surface area (Å²) in [5.41, 5.74) is 2.28. The van der Waals surface area contributed by atoms with E-state index in [0.717, 1.165) is 11.6 Å². The Labute approximate surface area is 107 Å². The molecule has 1 saturated heterocycles. The van der Waals surface area contributed by atoms with E-state index in [1.807, 2.05) is 0 Å². The molecule has 1 aliphatic heterocycles. The molecule has 1 atom stereocenters. The van der Waals surface area contributed by atoms with Crippen molar-refractivity contribution in [3.05, 3.63) is 30.1 Å². The highest BCUT2D eigenvalue weighted by atomic mass is 15.2. The standard InChI is InChI=1S/C15H19N3/c1-2-8-13-12(7-1)16-15(17-13)14-9-4-10-18(14)11-5-3-6-11/h1-2,7-8,11,14H,3-6,9-10H2,(H,16,17)/t14-/m0/s1. The Kier molecular flexibility index (Phi) is 2.40. The molecule has 2 aromatic rings. The zero-order valence-electron chi connectivity index (χ0n) is 10.6. The van der Waals surface area contributed by atoms with E-state index in [0.29, 0.717) is 6.04 Å². The van der Waals surface area contributed by atoms with E-state index in [2.05, 4.69) is 34.1 Å². The van der Waals surface area contributed by atoms with Gasteiger partial charge in [-0.05, 0) is 44.4 Å². The number of para-hydroxylation sites is 2. The van der Waals surface area contributed by atoms with Crippen LogP contribution in [0.3, 0.4) is 0 Å². The summed E-state index contributed by atoms with van der Waals surface area (Å²) in [5.74, 6) is 1.18. The monoisotopic (exact) mass is 241 g/mol. The number of aromatic nitrogens is 2. The van der Waals surface area contributed by atoms with Crippen molar-refractivity contribution in [3.8, 4) is 0 Å². The van der Waals surface area contributed by atoms with Gasteiger partial charge in [0.15, 0.2) is 0 Å². The number of nitrogens with zero attached hydrogens (tertiary/aromatic N) is 2. The molecule has 18 heavy (non-hydrogen) atoms. The first-order valence-electron chi connectivity index (χ1n) is 7.12. The van der Waals surface area contributed by atoms with Gasteiger partial charge in [-0.25, -0.2) is 4.98 Å². The lowest BCUT2D eigenvalue weighted by Gasteiger charge is -2.37. The molecule has 3 nitrogen and oxygen atoms in total. The van der Waals surface area contributed by atoms with Gasteiger partial charge >= 0.3 is 0 Å². The van der Waals surface area contributed by atoms with Gasteiger partial charge in [0.25, 0.3) is 0 Å². The Balaban J connectivity index is 1.68. The van der Waals surface area contributed by atoms with Crippen LogP contribution in [0.1, 0.15) is 44.0 Å². The van der Waals surface area contributed by atoms with Crippen LogP contribution < -0.4 is 0 Å². The van der Waals surface area contributed by atoms with Gasteiger partial charge in [-0.3, -0.25) is 4.90 Å². The maximum Gasteiger partial charge on any atom is 0.124 e. The quantitative estimate of drug-likeness (QED) is 0.875. The highest BCUT2D eigenvalue weighted by Crippen LogP contribution is 2.38. The number of hydrogen-bond acceptors (Lipinski definition) is 2. The second-order valence-corrected chi connectivity index (χ2v) is 5.62. The fourth-order valence-corrected chi connectivity index (χ4v) is 3.37. The van der Waals surface area contributed by atoms with Gasteiger partial charge in [0.1, 0.15) is 5.82 Å². The number of fused-ring (bicyclic) bond motifs is 1. The Morgan fingerprint density at radius 2 is 2.00 bits per heavy atom. The van der Waals surface area contributed by atoms with Crippen LogP contribution in [0.2, 0.25) is 0 Å². The number of likely N-dealkylation sites (tertiary alicyclic amines) is 1. The molecule has 1 saturated carbocycles. The van der Waals surface area contributed by atoms with Gasteiger partial charge in [-0.15, -0.1) is 0 Å². The molecule has 2 fully saturated rings. The fourth-order valence-electron chi connectivity index (χ4n) is 3.37. The third-order valence-electron chi connectivity index (χ3n) is 4.56. The lowest BCUT2D eigenvalue weighted by Crippen LogP contribution is -2.39. The minimum atomic E-state index is 0.530. The van der Waals surface area contributed by atoms with Gasteiger partial charge in [0, 0.05) is 6.04 Å². The van der Waals surface area contributed by atoms with Gasteiger partial charge in [-0.2, -0.15) is 0 Å². The summed E-state index contributed by atoms with van der Waals surface area (Å²) in [7, 11) is 0. The SMILES string of the molecule is c1ccc2[nH]c([C@@H]3CCCN3C3CCC3)nc2c1. The number of aromatic amines is 1. The molecule has 0 radical (unpaired) electrons. The van der Waals surface area contributed by atoms with Gasteiger partial charge in [0.05, 0.1) is 17.1 Å². The van der Waals surface area contributed by atoms with E-state index < -0.39 is 0 Å². The van der Waals surface area contributed by atoms with Crippen LogP contribution in [-0.2, 0) is 0 Å². The topological polar surface area (TPSA) is 31.9 Å². The summed E-state index contributed by atoms with van der Waals surface area (Å²) < 4.78 is 0. The lowest BCUT2D eigenvalue weighted by molar-refractivity contribution is 0.111. The second-order valence-electron chi connectivity index (χ2n) is 5.62.